The van der Waals surface area contributed by atoms with Gasteiger partial charge in [-0.25, -0.2) is 4.98 Å². The van der Waals surface area contributed by atoms with Crippen LogP contribution in [0.1, 0.15) is 0 Å². The molecule has 0 bridgehead atoms. The van der Waals surface area contributed by atoms with E-state index in [4.69, 9.17) is 28.2 Å². The molecule has 20 heavy (non-hydrogen) atoms. The van der Waals surface area contributed by atoms with Crippen molar-refractivity contribution in [3.63, 3.8) is 0 Å². The predicted molar refractivity (Wildman–Crippen MR) is 86.7 cm³/mol. The van der Waals surface area contributed by atoms with Crippen LogP contribution in [0.5, 0.6) is 0 Å². The van der Waals surface area contributed by atoms with E-state index in [1.54, 1.807) is 0 Å². The van der Waals surface area contributed by atoms with Gasteiger partial charge in [0.2, 0.25) is 0 Å². The molecule has 0 fully saturated rings. The average molecular weight is 303 g/mol. The first-order valence-electron chi connectivity index (χ1n) is 6.22. The van der Waals surface area contributed by atoms with E-state index in [9.17, 15) is 0 Å². The molecule has 0 aliphatic heterocycles. The molecular weight excluding hydrogens is 291 g/mol. The maximum absolute atomic E-state index is 6.28. The first kappa shape index (κ1) is 13.2. The standard InChI is InChI=1S/C16H12Cl2N2/c1-19-14-9-10-5-4-8-13(18)15(10)20-16(14)11-6-2-3-7-12(11)17/h2-9,19H,1H3. The van der Waals surface area contributed by atoms with Crippen LogP contribution in [-0.4, -0.2) is 12.0 Å². The number of pyridine rings is 1. The smallest absolute Gasteiger partial charge is 0.0956 e. The largest absolute Gasteiger partial charge is 0.386 e. The van der Waals surface area contributed by atoms with E-state index < -0.39 is 0 Å². The fourth-order valence-corrected chi connectivity index (χ4v) is 2.66. The van der Waals surface area contributed by atoms with Crippen LogP contribution >= 0.6 is 23.2 Å². The molecule has 0 aliphatic carbocycles. The van der Waals surface area contributed by atoms with Gasteiger partial charge in [0.25, 0.3) is 0 Å². The van der Waals surface area contributed by atoms with Crippen molar-refractivity contribution in [2.75, 3.05) is 12.4 Å². The van der Waals surface area contributed by atoms with Crippen molar-refractivity contribution in [2.24, 2.45) is 0 Å². The zero-order valence-electron chi connectivity index (χ0n) is 10.8. The topological polar surface area (TPSA) is 24.9 Å². The van der Waals surface area contributed by atoms with Crippen molar-refractivity contribution >= 4 is 39.8 Å². The van der Waals surface area contributed by atoms with Crippen molar-refractivity contribution in [3.05, 3.63) is 58.6 Å². The van der Waals surface area contributed by atoms with Crippen molar-refractivity contribution in [2.45, 2.75) is 0 Å². The molecule has 1 aromatic heterocycles. The monoisotopic (exact) mass is 302 g/mol. The van der Waals surface area contributed by atoms with Crippen LogP contribution in [-0.2, 0) is 0 Å². The number of halogens is 2. The number of nitrogens with zero attached hydrogens (tertiary/aromatic N) is 1. The minimum Gasteiger partial charge on any atom is -0.386 e. The summed E-state index contributed by atoms with van der Waals surface area (Å²) < 4.78 is 0. The van der Waals surface area contributed by atoms with Crippen LogP contribution in [0, 0.1) is 0 Å². The highest BCUT2D eigenvalue weighted by atomic mass is 35.5. The van der Waals surface area contributed by atoms with Gasteiger partial charge in [-0.3, -0.25) is 0 Å². The number of hydrogen-bond acceptors (Lipinski definition) is 2. The molecule has 3 aromatic rings. The molecule has 100 valence electrons. The molecule has 0 amide bonds. The van der Waals surface area contributed by atoms with Crippen LogP contribution in [0.15, 0.2) is 48.5 Å². The Hall–Kier alpha value is -1.77. The lowest BCUT2D eigenvalue weighted by molar-refractivity contribution is 1.37. The van der Waals surface area contributed by atoms with E-state index in [0.717, 1.165) is 27.8 Å². The first-order chi connectivity index (χ1) is 9.70. The number of aromatic nitrogens is 1. The third-order valence-electron chi connectivity index (χ3n) is 3.19. The molecule has 3 rings (SSSR count). The lowest BCUT2D eigenvalue weighted by atomic mass is 10.1. The molecule has 0 saturated heterocycles. The molecule has 1 heterocycles. The molecule has 1 N–H and O–H groups in total. The fourth-order valence-electron chi connectivity index (χ4n) is 2.21. The van der Waals surface area contributed by atoms with Gasteiger partial charge in [0.05, 0.1) is 26.9 Å². The van der Waals surface area contributed by atoms with Gasteiger partial charge in [-0.1, -0.05) is 53.5 Å². The SMILES string of the molecule is CNc1cc2cccc(Cl)c2nc1-c1ccccc1Cl. The van der Waals surface area contributed by atoms with E-state index in [2.05, 4.69) is 5.32 Å². The Balaban J connectivity index is 2.34. The summed E-state index contributed by atoms with van der Waals surface area (Å²) in [7, 11) is 1.87. The normalized spacial score (nSPS) is 10.8. The minimum absolute atomic E-state index is 0.637. The van der Waals surface area contributed by atoms with E-state index in [-0.39, 0.29) is 0 Å². The molecule has 0 saturated carbocycles. The lowest BCUT2D eigenvalue weighted by Crippen LogP contribution is -1.96. The molecule has 0 aliphatic rings. The van der Waals surface area contributed by atoms with Gasteiger partial charge in [0, 0.05) is 18.0 Å². The van der Waals surface area contributed by atoms with Gasteiger partial charge >= 0.3 is 0 Å². The second-order valence-corrected chi connectivity index (χ2v) is 5.24. The summed E-state index contributed by atoms with van der Waals surface area (Å²) in [5, 5.41) is 5.47. The number of nitrogens with one attached hydrogen (secondary N) is 1. The maximum Gasteiger partial charge on any atom is 0.0956 e. The summed E-state index contributed by atoms with van der Waals surface area (Å²) >= 11 is 12.5. The quantitative estimate of drug-likeness (QED) is 0.699. The van der Waals surface area contributed by atoms with Crippen LogP contribution in [0.25, 0.3) is 22.2 Å². The number of hydrogen-bond donors (Lipinski definition) is 1. The molecule has 0 radical (unpaired) electrons. The summed E-state index contributed by atoms with van der Waals surface area (Å²) in [6.45, 7) is 0. The highest BCUT2D eigenvalue weighted by Gasteiger charge is 2.12. The Morgan fingerprint density at radius 1 is 0.950 bits per heavy atom. The molecule has 0 unspecified atom stereocenters. The van der Waals surface area contributed by atoms with E-state index in [0.29, 0.717) is 10.0 Å². The van der Waals surface area contributed by atoms with Crippen molar-refractivity contribution in [1.29, 1.82) is 0 Å². The van der Waals surface area contributed by atoms with Gasteiger partial charge in [-0.05, 0) is 18.2 Å². The Kier molecular flexibility index (Phi) is 3.51. The van der Waals surface area contributed by atoms with Crippen molar-refractivity contribution in [3.8, 4) is 11.3 Å². The molecule has 2 nitrogen and oxygen atoms in total. The van der Waals surface area contributed by atoms with E-state index in [1.165, 1.54) is 0 Å². The third-order valence-corrected chi connectivity index (χ3v) is 3.83. The van der Waals surface area contributed by atoms with Crippen molar-refractivity contribution < 1.29 is 0 Å². The second kappa shape index (κ2) is 5.31. The molecule has 2 aromatic carbocycles. The summed E-state index contributed by atoms with van der Waals surface area (Å²) in [6.07, 6.45) is 0. The van der Waals surface area contributed by atoms with Gasteiger partial charge < -0.3 is 5.32 Å². The average Bonchev–Trinajstić information content (AvgIpc) is 2.47. The minimum atomic E-state index is 0.637. The Morgan fingerprint density at radius 3 is 2.45 bits per heavy atom. The number of anilines is 1. The van der Waals surface area contributed by atoms with Gasteiger partial charge in [-0.15, -0.1) is 0 Å². The highest BCUT2D eigenvalue weighted by molar-refractivity contribution is 6.35. The summed E-state index contributed by atoms with van der Waals surface area (Å²) in [4.78, 5) is 4.70. The lowest BCUT2D eigenvalue weighted by Gasteiger charge is -2.12. The van der Waals surface area contributed by atoms with E-state index in [1.807, 2.05) is 55.6 Å². The Morgan fingerprint density at radius 2 is 1.70 bits per heavy atom. The molecule has 4 heteroatoms. The Bertz CT molecular complexity index is 785. The zero-order chi connectivity index (χ0) is 14.1. The highest BCUT2D eigenvalue weighted by Crippen LogP contribution is 2.35. The van der Waals surface area contributed by atoms with Gasteiger partial charge in [0.1, 0.15) is 0 Å². The van der Waals surface area contributed by atoms with Crippen LogP contribution < -0.4 is 5.32 Å². The van der Waals surface area contributed by atoms with Crippen LogP contribution in [0.4, 0.5) is 5.69 Å². The Labute approximate surface area is 127 Å². The molecular formula is C16H12Cl2N2. The third kappa shape index (κ3) is 2.21. The number of benzene rings is 2. The second-order valence-electron chi connectivity index (χ2n) is 4.43. The van der Waals surface area contributed by atoms with Crippen molar-refractivity contribution in [1.82, 2.24) is 4.98 Å². The molecule has 0 atom stereocenters. The predicted octanol–water partition coefficient (Wildman–Crippen LogP) is 5.25. The first-order valence-corrected chi connectivity index (χ1v) is 6.98. The number of para-hydroxylation sites is 1. The fraction of sp³-hybridized carbons (Fsp3) is 0.0625. The summed E-state index contributed by atoms with van der Waals surface area (Å²) in [5.41, 5.74) is 3.40. The van der Waals surface area contributed by atoms with Gasteiger partial charge in [0.15, 0.2) is 0 Å². The van der Waals surface area contributed by atoms with E-state index >= 15 is 0 Å². The number of rotatable bonds is 2. The summed E-state index contributed by atoms with van der Waals surface area (Å²) in [6, 6.07) is 15.4. The zero-order valence-corrected chi connectivity index (χ0v) is 12.3. The summed E-state index contributed by atoms with van der Waals surface area (Å²) in [5.74, 6) is 0. The maximum atomic E-state index is 6.28. The molecule has 0 spiro atoms. The van der Waals surface area contributed by atoms with Crippen LogP contribution in [0.2, 0.25) is 10.0 Å². The van der Waals surface area contributed by atoms with Crippen LogP contribution in [0.3, 0.4) is 0 Å². The number of fused-ring (bicyclic) bond motifs is 1. The van der Waals surface area contributed by atoms with Gasteiger partial charge in [-0.2, -0.15) is 0 Å².